The van der Waals surface area contributed by atoms with Gasteiger partial charge in [-0.1, -0.05) is 12.1 Å². The molecule has 30 heavy (non-hydrogen) atoms. The Labute approximate surface area is 169 Å². The van der Waals surface area contributed by atoms with Gasteiger partial charge >= 0.3 is 12.6 Å². The highest BCUT2D eigenvalue weighted by molar-refractivity contribution is 5.94. The molecule has 2 aromatic carbocycles. The molecule has 0 fully saturated rings. The molecule has 2 aromatic rings. The first-order valence-electron chi connectivity index (χ1n) is 8.30. The van der Waals surface area contributed by atoms with Crippen molar-refractivity contribution in [2.45, 2.75) is 6.61 Å². The predicted molar refractivity (Wildman–Crippen MR) is 101 cm³/mol. The summed E-state index contributed by atoms with van der Waals surface area (Å²) in [5, 5.41) is 13.1. The van der Waals surface area contributed by atoms with Gasteiger partial charge in [-0.25, -0.2) is 4.79 Å². The number of anilines is 1. The maximum absolute atomic E-state index is 12.3. The van der Waals surface area contributed by atoms with Gasteiger partial charge in [0.05, 0.1) is 12.0 Å². The van der Waals surface area contributed by atoms with E-state index in [4.69, 9.17) is 9.47 Å². The molecule has 0 aliphatic carbocycles. The number of ether oxygens (including phenoxy) is 3. The fraction of sp³-hybridized carbons (Fsp3) is 0.158. The molecule has 0 saturated heterocycles. The van der Waals surface area contributed by atoms with E-state index in [0.29, 0.717) is 5.56 Å². The van der Waals surface area contributed by atoms with Crippen LogP contribution in [0.1, 0.15) is 5.56 Å². The smallest absolute Gasteiger partial charge is 0.387 e. The van der Waals surface area contributed by atoms with Crippen molar-refractivity contribution >= 4 is 29.3 Å². The van der Waals surface area contributed by atoms with Crippen LogP contribution in [0.4, 0.5) is 20.2 Å². The first-order valence-corrected chi connectivity index (χ1v) is 8.30. The largest absolute Gasteiger partial charge is 0.493 e. The average Bonchev–Trinajstić information content (AvgIpc) is 2.71. The van der Waals surface area contributed by atoms with Crippen LogP contribution in [-0.2, 0) is 14.3 Å². The summed E-state index contributed by atoms with van der Waals surface area (Å²) in [6.45, 7) is -3.63. The number of esters is 1. The van der Waals surface area contributed by atoms with Crippen molar-refractivity contribution in [3.05, 3.63) is 64.2 Å². The Morgan fingerprint density at radius 3 is 2.63 bits per heavy atom. The minimum Gasteiger partial charge on any atom is -0.493 e. The SMILES string of the molecule is COc1cc(/C=C/C(=O)OCC(=O)Nc2cccc([N+](=O)[O-])c2)ccc1OC(F)F. The molecule has 1 amide bonds. The molecule has 0 unspecified atom stereocenters. The zero-order valence-corrected chi connectivity index (χ0v) is 15.5. The third-order valence-corrected chi connectivity index (χ3v) is 3.50. The highest BCUT2D eigenvalue weighted by Crippen LogP contribution is 2.29. The van der Waals surface area contributed by atoms with Gasteiger partial charge in [0.1, 0.15) is 0 Å². The van der Waals surface area contributed by atoms with E-state index in [0.717, 1.165) is 12.1 Å². The molecular formula is C19H16F2N2O7. The van der Waals surface area contributed by atoms with Gasteiger partial charge in [0.15, 0.2) is 18.1 Å². The van der Waals surface area contributed by atoms with Crippen molar-refractivity contribution in [3.8, 4) is 11.5 Å². The third-order valence-electron chi connectivity index (χ3n) is 3.50. The first kappa shape index (κ1) is 22.3. The van der Waals surface area contributed by atoms with Gasteiger partial charge in [-0.2, -0.15) is 8.78 Å². The lowest BCUT2D eigenvalue weighted by Crippen LogP contribution is -2.20. The van der Waals surface area contributed by atoms with Crippen molar-refractivity contribution < 1.29 is 37.5 Å². The summed E-state index contributed by atoms with van der Waals surface area (Å²) in [6.07, 6.45) is 2.36. The van der Waals surface area contributed by atoms with Crippen LogP contribution in [0.2, 0.25) is 0 Å². The van der Waals surface area contributed by atoms with E-state index in [-0.39, 0.29) is 22.9 Å². The lowest BCUT2D eigenvalue weighted by atomic mass is 10.2. The van der Waals surface area contributed by atoms with Gasteiger partial charge in [0, 0.05) is 23.9 Å². The number of benzene rings is 2. The molecule has 1 N–H and O–H groups in total. The summed E-state index contributed by atoms with van der Waals surface area (Å²) in [5.74, 6) is -1.64. The van der Waals surface area contributed by atoms with Crippen LogP contribution in [0.25, 0.3) is 6.08 Å². The Morgan fingerprint density at radius 2 is 1.97 bits per heavy atom. The fourth-order valence-corrected chi connectivity index (χ4v) is 2.22. The maximum Gasteiger partial charge on any atom is 0.387 e. The molecule has 2 rings (SSSR count). The molecule has 0 radical (unpaired) electrons. The predicted octanol–water partition coefficient (Wildman–Crippen LogP) is 3.40. The van der Waals surface area contributed by atoms with Gasteiger partial charge in [-0.05, 0) is 29.8 Å². The van der Waals surface area contributed by atoms with Crippen LogP contribution in [0.5, 0.6) is 11.5 Å². The summed E-state index contributed by atoms with van der Waals surface area (Å²) in [6, 6.07) is 9.31. The minimum atomic E-state index is -3.01. The Bertz CT molecular complexity index is 964. The summed E-state index contributed by atoms with van der Waals surface area (Å²) < 4.78 is 38.7. The zero-order chi connectivity index (χ0) is 22.1. The Hall–Kier alpha value is -4.02. The van der Waals surface area contributed by atoms with Crippen LogP contribution in [-0.4, -0.2) is 37.1 Å². The monoisotopic (exact) mass is 422 g/mol. The molecule has 0 aromatic heterocycles. The molecule has 0 bridgehead atoms. The Kier molecular flexibility index (Phi) is 7.80. The van der Waals surface area contributed by atoms with Crippen LogP contribution >= 0.6 is 0 Å². The van der Waals surface area contributed by atoms with E-state index in [1.165, 1.54) is 49.6 Å². The molecule has 0 atom stereocenters. The normalized spacial score (nSPS) is 10.7. The zero-order valence-electron chi connectivity index (χ0n) is 15.5. The number of nitro groups is 1. The number of hydrogen-bond donors (Lipinski definition) is 1. The van der Waals surface area contributed by atoms with Crippen LogP contribution < -0.4 is 14.8 Å². The van der Waals surface area contributed by atoms with Crippen molar-refractivity contribution in [2.75, 3.05) is 19.0 Å². The van der Waals surface area contributed by atoms with Crippen molar-refractivity contribution in [2.24, 2.45) is 0 Å². The number of nitrogens with zero attached hydrogens (tertiary/aromatic N) is 1. The van der Waals surface area contributed by atoms with E-state index in [2.05, 4.69) is 10.1 Å². The number of methoxy groups -OCH3 is 1. The quantitative estimate of drug-likeness (QED) is 0.285. The van der Waals surface area contributed by atoms with Crippen molar-refractivity contribution in [1.29, 1.82) is 0 Å². The Morgan fingerprint density at radius 1 is 1.20 bits per heavy atom. The standard InChI is InChI=1S/C19H16F2N2O7/c1-28-16-9-12(5-7-15(16)30-19(20)21)6-8-18(25)29-11-17(24)22-13-3-2-4-14(10-13)23(26)27/h2-10,19H,11H2,1H3,(H,22,24)/b8-6+. The van der Waals surface area contributed by atoms with Gasteiger partial charge < -0.3 is 19.5 Å². The second kappa shape index (κ2) is 10.5. The highest BCUT2D eigenvalue weighted by Gasteiger charge is 2.11. The van der Waals surface area contributed by atoms with Crippen molar-refractivity contribution in [3.63, 3.8) is 0 Å². The van der Waals surface area contributed by atoms with Crippen LogP contribution in [0.15, 0.2) is 48.5 Å². The van der Waals surface area contributed by atoms with E-state index >= 15 is 0 Å². The van der Waals surface area contributed by atoms with Crippen LogP contribution in [0, 0.1) is 10.1 Å². The molecule has 11 heteroatoms. The highest BCUT2D eigenvalue weighted by atomic mass is 19.3. The van der Waals surface area contributed by atoms with Gasteiger partial charge in [-0.15, -0.1) is 0 Å². The molecule has 0 spiro atoms. The molecule has 0 saturated carbocycles. The fourth-order valence-electron chi connectivity index (χ4n) is 2.22. The van der Waals surface area contributed by atoms with Crippen molar-refractivity contribution in [1.82, 2.24) is 0 Å². The number of halogens is 2. The summed E-state index contributed by atoms with van der Waals surface area (Å²) >= 11 is 0. The van der Waals surface area contributed by atoms with Gasteiger partial charge in [0.25, 0.3) is 11.6 Å². The number of carbonyl (C=O) groups is 2. The first-order chi connectivity index (χ1) is 14.3. The molecule has 158 valence electrons. The molecule has 0 aliphatic heterocycles. The van der Waals surface area contributed by atoms with E-state index in [1.54, 1.807) is 0 Å². The lowest BCUT2D eigenvalue weighted by molar-refractivity contribution is -0.384. The van der Waals surface area contributed by atoms with Crippen LogP contribution in [0.3, 0.4) is 0 Å². The number of carbonyl (C=O) groups excluding carboxylic acids is 2. The average molecular weight is 422 g/mol. The third kappa shape index (κ3) is 6.86. The molecule has 0 aliphatic rings. The molecular weight excluding hydrogens is 406 g/mol. The van der Waals surface area contributed by atoms with Gasteiger partial charge in [-0.3, -0.25) is 14.9 Å². The lowest BCUT2D eigenvalue weighted by Gasteiger charge is -2.10. The summed E-state index contributed by atoms with van der Waals surface area (Å²) in [7, 11) is 1.27. The number of rotatable bonds is 9. The Balaban J connectivity index is 1.89. The number of hydrogen-bond acceptors (Lipinski definition) is 7. The summed E-state index contributed by atoms with van der Waals surface area (Å²) in [4.78, 5) is 33.7. The topological polar surface area (TPSA) is 117 Å². The second-order valence-electron chi connectivity index (χ2n) is 5.59. The van der Waals surface area contributed by atoms with E-state index < -0.39 is 30.0 Å². The molecule has 0 heterocycles. The second-order valence-corrected chi connectivity index (χ2v) is 5.59. The minimum absolute atomic E-state index is 0.0437. The number of amides is 1. The van der Waals surface area contributed by atoms with E-state index in [1.807, 2.05) is 0 Å². The van der Waals surface area contributed by atoms with Gasteiger partial charge in [0.2, 0.25) is 0 Å². The van der Waals surface area contributed by atoms with E-state index in [9.17, 15) is 28.5 Å². The molecule has 9 nitrogen and oxygen atoms in total. The number of alkyl halides is 2. The number of non-ortho nitro benzene ring substituents is 1. The number of nitrogens with one attached hydrogen (secondary N) is 1. The summed E-state index contributed by atoms with van der Waals surface area (Å²) in [5.41, 5.74) is 0.415. The maximum atomic E-state index is 12.3. The number of nitro benzene ring substituents is 1.